The molecule has 0 N–H and O–H groups in total. The summed E-state index contributed by atoms with van der Waals surface area (Å²) < 4.78 is 4.90. The van der Waals surface area contributed by atoms with Crippen molar-refractivity contribution in [1.82, 2.24) is 18.7 Å². The van der Waals surface area contributed by atoms with Crippen molar-refractivity contribution in [3.63, 3.8) is 0 Å². The Bertz CT molecular complexity index is 728. The van der Waals surface area contributed by atoms with Crippen LogP contribution in [0.1, 0.15) is 0 Å². The van der Waals surface area contributed by atoms with Crippen LogP contribution in [0.4, 0.5) is 0 Å². The quantitative estimate of drug-likeness (QED) is 0.606. The van der Waals surface area contributed by atoms with Gasteiger partial charge >= 0.3 is 5.69 Å². The maximum absolute atomic E-state index is 12.3. The fourth-order valence-corrected chi connectivity index (χ4v) is 2.98. The third kappa shape index (κ3) is 1.95. The smallest absolute Gasteiger partial charge is 0.316 e. The molecule has 0 radical (unpaired) electrons. The summed E-state index contributed by atoms with van der Waals surface area (Å²) in [4.78, 5) is 28.7. The normalized spacial score (nSPS) is 11.7. The van der Waals surface area contributed by atoms with Gasteiger partial charge in [-0.15, -0.1) is 0 Å². The molecule has 0 saturated carbocycles. The summed E-state index contributed by atoms with van der Waals surface area (Å²) >= 11 is 3.27. The van der Waals surface area contributed by atoms with Crippen molar-refractivity contribution < 1.29 is 0 Å². The molecule has 98 valence electrons. The van der Waals surface area contributed by atoms with Crippen molar-refractivity contribution in [2.75, 3.05) is 13.3 Å². The first-order chi connectivity index (χ1) is 8.34. The molecule has 8 heteroatoms. The maximum atomic E-state index is 12.3. The summed E-state index contributed by atoms with van der Waals surface area (Å²) in [5.41, 5.74) is 0.271. The monoisotopic (exact) mass is 332 g/mol. The fourth-order valence-electron chi connectivity index (χ4n) is 1.82. The van der Waals surface area contributed by atoms with Crippen molar-refractivity contribution in [3.8, 4) is 0 Å². The largest absolute Gasteiger partial charge is 0.332 e. The molecule has 18 heavy (non-hydrogen) atoms. The molecule has 0 aliphatic heterocycles. The van der Waals surface area contributed by atoms with Gasteiger partial charge in [0.15, 0.2) is 15.9 Å². The molecule has 2 rings (SSSR count). The Hall–Kier alpha value is -0.940. The molecule has 0 fully saturated rings. The van der Waals surface area contributed by atoms with Crippen LogP contribution in [0.3, 0.4) is 0 Å². The summed E-state index contributed by atoms with van der Waals surface area (Å²) in [5, 5.41) is 0. The Kier molecular flexibility index (Phi) is 3.47. The standard InChI is InChI=1S/C10H14BrN4O2P/c1-13-6-7(12-9(13)11)14(2)10(17)15(8(6)16)5-18(3)4/h5H2,1-4H3. The molecule has 0 unspecified atom stereocenters. The van der Waals surface area contributed by atoms with Crippen LogP contribution in [-0.2, 0) is 20.4 Å². The number of hydrogen-bond donors (Lipinski definition) is 0. The Morgan fingerprint density at radius 3 is 2.39 bits per heavy atom. The molecule has 0 aromatic carbocycles. The third-order valence-corrected chi connectivity index (χ3v) is 4.29. The molecular formula is C10H14BrN4O2P. The molecule has 0 bridgehead atoms. The van der Waals surface area contributed by atoms with Crippen LogP contribution < -0.4 is 11.2 Å². The minimum absolute atomic E-state index is 0.273. The summed E-state index contributed by atoms with van der Waals surface area (Å²) in [6.45, 7) is 4.06. The Morgan fingerprint density at radius 1 is 1.22 bits per heavy atom. The number of hydrogen-bond acceptors (Lipinski definition) is 3. The molecule has 0 atom stereocenters. The number of imidazole rings is 1. The molecule has 0 saturated heterocycles. The van der Waals surface area contributed by atoms with Gasteiger partial charge in [0.1, 0.15) is 0 Å². The van der Waals surface area contributed by atoms with Crippen molar-refractivity contribution >= 4 is 35.0 Å². The second-order valence-electron chi connectivity index (χ2n) is 4.41. The average molecular weight is 333 g/mol. The van der Waals surface area contributed by atoms with Gasteiger partial charge < -0.3 is 4.57 Å². The summed E-state index contributed by atoms with van der Waals surface area (Å²) in [7, 11) is 3.01. The number of fused-ring (bicyclic) bond motifs is 1. The highest BCUT2D eigenvalue weighted by Crippen LogP contribution is 2.25. The van der Waals surface area contributed by atoms with Gasteiger partial charge in [0.2, 0.25) is 0 Å². The summed E-state index contributed by atoms with van der Waals surface area (Å²) in [6.07, 6.45) is 0.472. The van der Waals surface area contributed by atoms with E-state index in [1.165, 1.54) is 9.13 Å². The average Bonchev–Trinajstić information content (AvgIpc) is 2.59. The lowest BCUT2D eigenvalue weighted by Crippen LogP contribution is -2.39. The molecule has 0 amide bonds. The van der Waals surface area contributed by atoms with E-state index in [0.29, 0.717) is 22.2 Å². The third-order valence-electron chi connectivity index (χ3n) is 2.73. The number of nitrogens with zero attached hydrogens (tertiary/aromatic N) is 4. The van der Waals surface area contributed by atoms with Crippen molar-refractivity contribution in [2.24, 2.45) is 14.1 Å². The first-order valence-corrected chi connectivity index (χ1v) is 8.52. The van der Waals surface area contributed by atoms with Crippen LogP contribution in [0.2, 0.25) is 0 Å². The van der Waals surface area contributed by atoms with Crippen LogP contribution >= 0.6 is 23.9 Å². The van der Waals surface area contributed by atoms with E-state index in [2.05, 4.69) is 20.9 Å². The predicted octanol–water partition coefficient (Wildman–Crippen LogP) is 0.895. The van der Waals surface area contributed by atoms with Gasteiger partial charge in [0.05, 0.1) is 0 Å². The highest BCUT2D eigenvalue weighted by atomic mass is 79.9. The lowest BCUT2D eigenvalue weighted by Gasteiger charge is -2.10. The van der Waals surface area contributed by atoms with E-state index in [1.807, 2.05) is 13.3 Å². The van der Waals surface area contributed by atoms with Gasteiger partial charge in [-0.25, -0.2) is 9.78 Å². The van der Waals surface area contributed by atoms with Crippen LogP contribution in [-0.4, -0.2) is 32.0 Å². The zero-order valence-corrected chi connectivity index (χ0v) is 13.1. The Labute approximate surface area is 113 Å². The first-order valence-electron chi connectivity index (χ1n) is 5.31. The van der Waals surface area contributed by atoms with Gasteiger partial charge in [-0.05, 0) is 29.3 Å². The van der Waals surface area contributed by atoms with Crippen molar-refractivity contribution in [1.29, 1.82) is 0 Å². The van der Waals surface area contributed by atoms with Crippen LogP contribution in [0.15, 0.2) is 14.3 Å². The van der Waals surface area contributed by atoms with Crippen molar-refractivity contribution in [3.05, 3.63) is 25.6 Å². The van der Waals surface area contributed by atoms with E-state index in [1.54, 1.807) is 18.7 Å². The topological polar surface area (TPSA) is 61.8 Å². The predicted molar refractivity (Wildman–Crippen MR) is 76.7 cm³/mol. The Balaban J connectivity index is 2.94. The van der Waals surface area contributed by atoms with Gasteiger partial charge in [-0.3, -0.25) is 13.9 Å². The van der Waals surface area contributed by atoms with Gasteiger partial charge in [0.25, 0.3) is 5.56 Å². The van der Waals surface area contributed by atoms with Crippen LogP contribution in [0.5, 0.6) is 0 Å². The van der Waals surface area contributed by atoms with E-state index in [9.17, 15) is 9.59 Å². The molecule has 0 spiro atoms. The second-order valence-corrected chi connectivity index (χ2v) is 7.56. The van der Waals surface area contributed by atoms with E-state index in [-0.39, 0.29) is 19.2 Å². The summed E-state index contributed by atoms with van der Waals surface area (Å²) in [6, 6.07) is 0. The van der Waals surface area contributed by atoms with Crippen LogP contribution in [0.25, 0.3) is 11.2 Å². The van der Waals surface area contributed by atoms with E-state index < -0.39 is 0 Å². The SMILES string of the molecule is Cn1c(Br)nc2c1c(=O)n(CP(C)C)c(=O)n2C. The zero-order chi connectivity index (χ0) is 13.6. The van der Waals surface area contributed by atoms with Crippen molar-refractivity contribution in [2.45, 2.75) is 6.29 Å². The highest BCUT2D eigenvalue weighted by molar-refractivity contribution is 9.10. The van der Waals surface area contributed by atoms with E-state index in [0.717, 1.165) is 0 Å². The number of aromatic nitrogens is 4. The second kappa shape index (κ2) is 4.63. The lowest BCUT2D eigenvalue weighted by molar-refractivity contribution is 0.692. The van der Waals surface area contributed by atoms with Gasteiger partial charge in [-0.1, -0.05) is 7.92 Å². The fraction of sp³-hybridized carbons (Fsp3) is 0.500. The maximum Gasteiger partial charge on any atom is 0.332 e. The van der Waals surface area contributed by atoms with Gasteiger partial charge in [0, 0.05) is 20.4 Å². The van der Waals surface area contributed by atoms with E-state index >= 15 is 0 Å². The minimum atomic E-state index is -0.372. The minimum Gasteiger partial charge on any atom is -0.316 e. The summed E-state index contributed by atoms with van der Waals surface area (Å²) in [5.74, 6) is 0. The van der Waals surface area contributed by atoms with Crippen LogP contribution in [0, 0.1) is 0 Å². The zero-order valence-electron chi connectivity index (χ0n) is 10.6. The first kappa shape index (κ1) is 13.5. The number of halogens is 1. The number of rotatable bonds is 2. The molecule has 2 aromatic rings. The molecule has 0 aliphatic rings. The molecule has 6 nitrogen and oxygen atoms in total. The van der Waals surface area contributed by atoms with E-state index in [4.69, 9.17) is 0 Å². The van der Waals surface area contributed by atoms with Gasteiger partial charge in [-0.2, -0.15) is 0 Å². The number of aryl methyl sites for hydroxylation is 2. The lowest BCUT2D eigenvalue weighted by atomic mass is 10.5. The highest BCUT2D eigenvalue weighted by Gasteiger charge is 2.17. The molecule has 2 heterocycles. The Morgan fingerprint density at radius 2 is 1.83 bits per heavy atom. The molecule has 2 aromatic heterocycles. The molecule has 0 aliphatic carbocycles. The molecular weight excluding hydrogens is 319 g/mol.